The first kappa shape index (κ1) is 7.80. The molecule has 0 aliphatic heterocycles. The fourth-order valence-electron chi connectivity index (χ4n) is 0.958. The summed E-state index contributed by atoms with van der Waals surface area (Å²) in [6.45, 7) is 3.95. The van der Waals surface area contributed by atoms with Crippen LogP contribution >= 0.6 is 11.6 Å². The highest BCUT2D eigenvalue weighted by atomic mass is 35.5. The van der Waals surface area contributed by atoms with Crippen LogP contribution in [0.3, 0.4) is 0 Å². The van der Waals surface area contributed by atoms with Crippen LogP contribution in [0.25, 0.3) is 0 Å². The predicted molar refractivity (Wildman–Crippen MR) is 41.5 cm³/mol. The highest BCUT2D eigenvalue weighted by Crippen LogP contribution is 2.31. The van der Waals surface area contributed by atoms with E-state index in [9.17, 15) is 4.39 Å². The van der Waals surface area contributed by atoms with Crippen LogP contribution in [0.4, 0.5) is 4.39 Å². The van der Waals surface area contributed by atoms with Crippen LogP contribution in [0.2, 0.25) is 0 Å². The van der Waals surface area contributed by atoms with Gasteiger partial charge in [-0.3, -0.25) is 0 Å². The second kappa shape index (κ2) is 2.75. The van der Waals surface area contributed by atoms with Gasteiger partial charge in [-0.15, -0.1) is 0 Å². The molecule has 0 saturated carbocycles. The van der Waals surface area contributed by atoms with Crippen molar-refractivity contribution in [2.24, 2.45) is 11.8 Å². The molecule has 0 spiro atoms. The minimum atomic E-state index is -0.212. The third-order valence-electron chi connectivity index (χ3n) is 1.92. The molecule has 0 radical (unpaired) electrons. The van der Waals surface area contributed by atoms with Gasteiger partial charge < -0.3 is 0 Å². The molecule has 2 heteroatoms. The molecular weight excluding hydrogens is 151 g/mol. The molecule has 0 aromatic rings. The SMILES string of the molecule is CC1C=C(F)C=C(Cl)C1C. The number of hydrogen-bond acceptors (Lipinski definition) is 0. The average molecular weight is 161 g/mol. The third kappa shape index (κ3) is 1.40. The van der Waals surface area contributed by atoms with E-state index in [0.717, 1.165) is 0 Å². The van der Waals surface area contributed by atoms with Gasteiger partial charge in [0.25, 0.3) is 0 Å². The van der Waals surface area contributed by atoms with E-state index in [-0.39, 0.29) is 17.7 Å². The number of rotatable bonds is 0. The van der Waals surface area contributed by atoms with E-state index in [1.807, 2.05) is 13.8 Å². The van der Waals surface area contributed by atoms with Crippen molar-refractivity contribution >= 4 is 11.6 Å². The average Bonchev–Trinajstić information content (AvgIpc) is 1.82. The molecular formula is C8H10ClF. The summed E-state index contributed by atoms with van der Waals surface area (Å²) in [5.41, 5.74) is 0. The zero-order valence-electron chi connectivity index (χ0n) is 6.07. The number of allylic oxidation sites excluding steroid dienone is 4. The summed E-state index contributed by atoms with van der Waals surface area (Å²) in [6.07, 6.45) is 2.97. The van der Waals surface area contributed by atoms with Gasteiger partial charge in [0, 0.05) is 5.03 Å². The molecule has 1 aliphatic rings. The lowest BCUT2D eigenvalue weighted by Gasteiger charge is -2.19. The fourth-order valence-corrected chi connectivity index (χ4v) is 1.26. The Bertz CT molecular complexity index is 193. The molecule has 0 aromatic carbocycles. The Morgan fingerprint density at radius 1 is 1.50 bits per heavy atom. The van der Waals surface area contributed by atoms with E-state index in [1.54, 1.807) is 6.08 Å². The largest absolute Gasteiger partial charge is 0.207 e. The van der Waals surface area contributed by atoms with Crippen LogP contribution in [0.1, 0.15) is 13.8 Å². The lowest BCUT2D eigenvalue weighted by molar-refractivity contribution is 0.512. The van der Waals surface area contributed by atoms with Crippen molar-refractivity contribution < 1.29 is 4.39 Å². The minimum Gasteiger partial charge on any atom is -0.207 e. The normalized spacial score (nSPS) is 33.2. The third-order valence-corrected chi connectivity index (χ3v) is 2.37. The quantitative estimate of drug-likeness (QED) is 0.510. The molecule has 0 aromatic heterocycles. The van der Waals surface area contributed by atoms with Gasteiger partial charge in [-0.05, 0) is 24.0 Å². The van der Waals surface area contributed by atoms with Crippen molar-refractivity contribution in [1.29, 1.82) is 0 Å². The standard InChI is InChI=1S/C8H10ClF/c1-5-3-7(10)4-8(9)6(5)2/h3-6H,1-2H3. The van der Waals surface area contributed by atoms with Crippen LogP contribution < -0.4 is 0 Å². The Hall–Kier alpha value is -0.300. The van der Waals surface area contributed by atoms with Crippen molar-refractivity contribution in [2.75, 3.05) is 0 Å². The highest BCUT2D eigenvalue weighted by Gasteiger charge is 2.18. The Balaban J connectivity index is 2.85. The smallest absolute Gasteiger partial charge is 0.120 e. The second-order valence-electron chi connectivity index (χ2n) is 2.73. The summed E-state index contributed by atoms with van der Waals surface area (Å²) in [6, 6.07) is 0. The Morgan fingerprint density at radius 2 is 2.10 bits per heavy atom. The molecule has 2 atom stereocenters. The zero-order chi connectivity index (χ0) is 7.72. The molecule has 2 unspecified atom stereocenters. The number of halogens is 2. The van der Waals surface area contributed by atoms with E-state index in [2.05, 4.69) is 0 Å². The molecule has 0 amide bonds. The summed E-state index contributed by atoms with van der Waals surface area (Å²) in [4.78, 5) is 0. The summed E-state index contributed by atoms with van der Waals surface area (Å²) in [7, 11) is 0. The Kier molecular flexibility index (Phi) is 2.14. The van der Waals surface area contributed by atoms with Gasteiger partial charge in [-0.1, -0.05) is 25.4 Å². The van der Waals surface area contributed by atoms with Crippen LogP contribution in [0.5, 0.6) is 0 Å². The van der Waals surface area contributed by atoms with Gasteiger partial charge >= 0.3 is 0 Å². The molecule has 1 aliphatic carbocycles. The van der Waals surface area contributed by atoms with Gasteiger partial charge in [0.05, 0.1) is 0 Å². The van der Waals surface area contributed by atoms with E-state index in [1.165, 1.54) is 6.08 Å². The van der Waals surface area contributed by atoms with E-state index in [0.29, 0.717) is 5.03 Å². The van der Waals surface area contributed by atoms with Crippen molar-refractivity contribution in [3.05, 3.63) is 23.0 Å². The molecule has 0 N–H and O–H groups in total. The molecule has 0 heterocycles. The zero-order valence-corrected chi connectivity index (χ0v) is 6.82. The van der Waals surface area contributed by atoms with Crippen LogP contribution in [0.15, 0.2) is 23.0 Å². The maximum Gasteiger partial charge on any atom is 0.120 e. The van der Waals surface area contributed by atoms with Crippen molar-refractivity contribution in [3.8, 4) is 0 Å². The molecule has 0 fully saturated rings. The van der Waals surface area contributed by atoms with Gasteiger partial charge in [0.2, 0.25) is 0 Å². The van der Waals surface area contributed by atoms with E-state index < -0.39 is 0 Å². The lowest BCUT2D eigenvalue weighted by Crippen LogP contribution is -2.09. The number of hydrogen-bond donors (Lipinski definition) is 0. The first-order valence-electron chi connectivity index (χ1n) is 3.35. The maximum absolute atomic E-state index is 12.6. The second-order valence-corrected chi connectivity index (χ2v) is 3.17. The summed E-state index contributed by atoms with van der Waals surface area (Å²) in [5.74, 6) is 0.272. The first-order valence-corrected chi connectivity index (χ1v) is 3.73. The fraction of sp³-hybridized carbons (Fsp3) is 0.500. The van der Waals surface area contributed by atoms with E-state index in [4.69, 9.17) is 11.6 Å². The Labute approximate surface area is 65.4 Å². The van der Waals surface area contributed by atoms with Crippen molar-refractivity contribution in [2.45, 2.75) is 13.8 Å². The van der Waals surface area contributed by atoms with E-state index >= 15 is 0 Å². The van der Waals surface area contributed by atoms with Crippen LogP contribution in [-0.4, -0.2) is 0 Å². The molecule has 0 saturated heterocycles. The van der Waals surface area contributed by atoms with Gasteiger partial charge in [-0.2, -0.15) is 0 Å². The van der Waals surface area contributed by atoms with Gasteiger partial charge in [-0.25, -0.2) is 4.39 Å². The molecule has 0 bridgehead atoms. The topological polar surface area (TPSA) is 0 Å². The molecule has 1 rings (SSSR count). The first-order chi connectivity index (χ1) is 4.61. The van der Waals surface area contributed by atoms with Gasteiger partial charge in [0.15, 0.2) is 0 Å². The van der Waals surface area contributed by atoms with Gasteiger partial charge in [0.1, 0.15) is 5.83 Å². The maximum atomic E-state index is 12.6. The molecule has 0 nitrogen and oxygen atoms in total. The van der Waals surface area contributed by atoms with Crippen molar-refractivity contribution in [1.82, 2.24) is 0 Å². The predicted octanol–water partition coefficient (Wildman–Crippen LogP) is 3.25. The monoisotopic (exact) mass is 160 g/mol. The highest BCUT2D eigenvalue weighted by molar-refractivity contribution is 6.30. The summed E-state index contributed by atoms with van der Waals surface area (Å²) in [5, 5.41) is 0.618. The van der Waals surface area contributed by atoms with Crippen LogP contribution in [0, 0.1) is 11.8 Å². The molecule has 10 heavy (non-hydrogen) atoms. The summed E-state index contributed by atoms with van der Waals surface area (Å²) < 4.78 is 12.6. The lowest BCUT2D eigenvalue weighted by atomic mass is 9.91. The molecule has 56 valence electrons. The van der Waals surface area contributed by atoms with Crippen LogP contribution in [-0.2, 0) is 0 Å². The summed E-state index contributed by atoms with van der Waals surface area (Å²) >= 11 is 5.74. The minimum absolute atomic E-state index is 0.212. The van der Waals surface area contributed by atoms with Crippen molar-refractivity contribution in [3.63, 3.8) is 0 Å². The Morgan fingerprint density at radius 3 is 2.60 bits per heavy atom.